The van der Waals surface area contributed by atoms with Crippen LogP contribution in [0, 0.1) is 17.3 Å². The van der Waals surface area contributed by atoms with Gasteiger partial charge >= 0.3 is 0 Å². The average Bonchev–Trinajstić information content (AvgIpc) is 2.72. The van der Waals surface area contributed by atoms with Crippen LogP contribution in [0.25, 0.3) is 0 Å². The normalized spacial score (nSPS) is 23.0. The van der Waals surface area contributed by atoms with Crippen LogP contribution in [0.2, 0.25) is 0 Å². The molecule has 1 aromatic rings. The Morgan fingerprint density at radius 1 is 1.37 bits per heavy atom. The van der Waals surface area contributed by atoms with Crippen molar-refractivity contribution in [2.45, 2.75) is 20.8 Å². The molecule has 2 rings (SSSR count). The fraction of sp³-hybridized carbons (Fsp3) is 0.500. The van der Waals surface area contributed by atoms with Crippen molar-refractivity contribution in [2.75, 3.05) is 11.9 Å². The molecule has 102 valence electrons. The highest BCUT2D eigenvalue weighted by Gasteiger charge is 2.45. The number of nitrogens with zero attached hydrogens (tertiary/aromatic N) is 1. The fourth-order valence-electron chi connectivity index (χ4n) is 2.38. The summed E-state index contributed by atoms with van der Waals surface area (Å²) in [6.45, 7) is 6.69. The number of aromatic nitrogens is 1. The summed E-state index contributed by atoms with van der Waals surface area (Å²) in [7, 11) is 0. The molecule has 2 amide bonds. The predicted molar refractivity (Wildman–Crippen MR) is 72.3 cm³/mol. The van der Waals surface area contributed by atoms with E-state index in [-0.39, 0.29) is 23.1 Å². The maximum Gasteiger partial charge on any atom is 0.237 e. The first-order valence-corrected chi connectivity index (χ1v) is 6.38. The number of anilines is 1. The van der Waals surface area contributed by atoms with Gasteiger partial charge in [-0.05, 0) is 17.5 Å². The van der Waals surface area contributed by atoms with Crippen molar-refractivity contribution in [1.29, 1.82) is 0 Å². The van der Waals surface area contributed by atoms with Crippen molar-refractivity contribution in [2.24, 2.45) is 17.3 Å². The molecule has 5 nitrogen and oxygen atoms in total. The van der Waals surface area contributed by atoms with Gasteiger partial charge in [-0.15, -0.1) is 0 Å². The van der Waals surface area contributed by atoms with Crippen LogP contribution in [0.4, 0.5) is 5.69 Å². The van der Waals surface area contributed by atoms with Crippen LogP contribution in [-0.2, 0) is 9.59 Å². The smallest absolute Gasteiger partial charge is 0.237 e. The van der Waals surface area contributed by atoms with Gasteiger partial charge in [-0.3, -0.25) is 14.6 Å². The molecule has 1 aliphatic rings. The number of hydrogen-bond acceptors (Lipinski definition) is 3. The molecule has 0 saturated carbocycles. The second kappa shape index (κ2) is 4.99. The van der Waals surface area contributed by atoms with Crippen LogP contribution >= 0.6 is 0 Å². The van der Waals surface area contributed by atoms with E-state index in [1.165, 1.54) is 0 Å². The van der Waals surface area contributed by atoms with Crippen molar-refractivity contribution >= 4 is 17.5 Å². The molecular weight excluding hydrogens is 242 g/mol. The molecular formula is C14H19N3O2. The molecule has 1 aromatic heterocycles. The Bertz CT molecular complexity index is 479. The van der Waals surface area contributed by atoms with Gasteiger partial charge in [-0.1, -0.05) is 20.8 Å². The average molecular weight is 261 g/mol. The molecule has 2 heterocycles. The number of carbonyl (C=O) groups excluding carboxylic acids is 2. The Morgan fingerprint density at radius 2 is 2.00 bits per heavy atom. The van der Waals surface area contributed by atoms with Gasteiger partial charge in [-0.25, -0.2) is 0 Å². The SMILES string of the molecule is CC(C)(C)[C@@H]1CNC(=O)[C@H]1C(=O)Nc1ccncc1. The van der Waals surface area contributed by atoms with Crippen LogP contribution in [0.1, 0.15) is 20.8 Å². The maximum atomic E-state index is 12.3. The topological polar surface area (TPSA) is 71.1 Å². The molecule has 0 radical (unpaired) electrons. The van der Waals surface area contributed by atoms with E-state index in [1.807, 2.05) is 20.8 Å². The number of pyridine rings is 1. The molecule has 0 spiro atoms. The van der Waals surface area contributed by atoms with Crippen LogP contribution in [0.15, 0.2) is 24.5 Å². The largest absolute Gasteiger partial charge is 0.355 e. The lowest BCUT2D eigenvalue weighted by atomic mass is 9.74. The summed E-state index contributed by atoms with van der Waals surface area (Å²) in [5, 5.41) is 5.56. The Balaban J connectivity index is 2.15. The molecule has 2 N–H and O–H groups in total. The third kappa shape index (κ3) is 2.92. The van der Waals surface area contributed by atoms with E-state index in [9.17, 15) is 9.59 Å². The maximum absolute atomic E-state index is 12.3. The van der Waals surface area contributed by atoms with Crippen LogP contribution in [0.5, 0.6) is 0 Å². The predicted octanol–water partition coefficient (Wildman–Crippen LogP) is 1.43. The van der Waals surface area contributed by atoms with Crippen molar-refractivity contribution in [3.8, 4) is 0 Å². The summed E-state index contributed by atoms with van der Waals surface area (Å²) in [6.07, 6.45) is 3.21. The van der Waals surface area contributed by atoms with E-state index >= 15 is 0 Å². The second-order valence-corrected chi connectivity index (χ2v) is 5.92. The summed E-state index contributed by atoms with van der Waals surface area (Å²) < 4.78 is 0. The molecule has 0 bridgehead atoms. The quantitative estimate of drug-likeness (QED) is 0.791. The molecule has 0 aliphatic carbocycles. The molecule has 2 atom stereocenters. The van der Waals surface area contributed by atoms with E-state index in [1.54, 1.807) is 24.5 Å². The zero-order valence-electron chi connectivity index (χ0n) is 11.4. The van der Waals surface area contributed by atoms with Crippen molar-refractivity contribution in [1.82, 2.24) is 10.3 Å². The standard InChI is InChI=1S/C14H19N3O2/c1-14(2,3)10-8-16-12(18)11(10)13(19)17-9-4-6-15-7-5-9/h4-7,10-11H,8H2,1-3H3,(H,16,18)(H,15,17,19)/t10-,11+/m1/s1. The second-order valence-electron chi connectivity index (χ2n) is 5.92. The van der Waals surface area contributed by atoms with Gasteiger partial charge in [0, 0.05) is 30.5 Å². The minimum Gasteiger partial charge on any atom is -0.355 e. The fourth-order valence-corrected chi connectivity index (χ4v) is 2.38. The number of rotatable bonds is 2. The highest BCUT2D eigenvalue weighted by Crippen LogP contribution is 2.35. The third-order valence-corrected chi connectivity index (χ3v) is 3.52. The summed E-state index contributed by atoms with van der Waals surface area (Å²) in [6, 6.07) is 3.41. The van der Waals surface area contributed by atoms with Gasteiger partial charge in [0.15, 0.2) is 0 Å². The Hall–Kier alpha value is -1.91. The van der Waals surface area contributed by atoms with Crippen molar-refractivity contribution in [3.63, 3.8) is 0 Å². The Morgan fingerprint density at radius 3 is 2.58 bits per heavy atom. The summed E-state index contributed by atoms with van der Waals surface area (Å²) in [5.41, 5.74) is 0.562. The van der Waals surface area contributed by atoms with Gasteiger partial charge in [0.1, 0.15) is 5.92 Å². The zero-order valence-corrected chi connectivity index (χ0v) is 11.4. The van der Waals surface area contributed by atoms with E-state index in [0.717, 1.165) is 0 Å². The molecule has 1 saturated heterocycles. The van der Waals surface area contributed by atoms with Gasteiger partial charge < -0.3 is 10.6 Å². The summed E-state index contributed by atoms with van der Waals surface area (Å²) in [4.78, 5) is 28.1. The lowest BCUT2D eigenvalue weighted by Gasteiger charge is -2.29. The van der Waals surface area contributed by atoms with E-state index in [0.29, 0.717) is 12.2 Å². The third-order valence-electron chi connectivity index (χ3n) is 3.52. The van der Waals surface area contributed by atoms with E-state index in [2.05, 4.69) is 15.6 Å². The minimum atomic E-state index is -0.631. The minimum absolute atomic E-state index is 0.00170. The zero-order chi connectivity index (χ0) is 14.0. The summed E-state index contributed by atoms with van der Waals surface area (Å²) >= 11 is 0. The van der Waals surface area contributed by atoms with E-state index in [4.69, 9.17) is 0 Å². The number of amides is 2. The number of hydrogen-bond donors (Lipinski definition) is 2. The van der Waals surface area contributed by atoms with Gasteiger partial charge in [-0.2, -0.15) is 0 Å². The lowest BCUT2D eigenvalue weighted by Crippen LogP contribution is -2.37. The van der Waals surface area contributed by atoms with Gasteiger partial charge in [0.05, 0.1) is 0 Å². The van der Waals surface area contributed by atoms with Crippen LogP contribution in [-0.4, -0.2) is 23.3 Å². The number of carbonyl (C=O) groups is 2. The van der Waals surface area contributed by atoms with Crippen LogP contribution in [0.3, 0.4) is 0 Å². The Kier molecular flexibility index (Phi) is 3.55. The first kappa shape index (κ1) is 13.5. The number of nitrogens with one attached hydrogen (secondary N) is 2. The summed E-state index contributed by atoms with van der Waals surface area (Å²) in [5.74, 6) is -1.07. The van der Waals surface area contributed by atoms with Crippen LogP contribution < -0.4 is 10.6 Å². The van der Waals surface area contributed by atoms with Gasteiger partial charge in [0.25, 0.3) is 0 Å². The Labute approximate surface area is 112 Å². The molecule has 1 fully saturated rings. The van der Waals surface area contributed by atoms with Crippen molar-refractivity contribution < 1.29 is 9.59 Å². The van der Waals surface area contributed by atoms with Crippen molar-refractivity contribution in [3.05, 3.63) is 24.5 Å². The molecule has 5 heteroatoms. The van der Waals surface area contributed by atoms with E-state index < -0.39 is 5.92 Å². The molecule has 1 aliphatic heterocycles. The molecule has 19 heavy (non-hydrogen) atoms. The first-order valence-electron chi connectivity index (χ1n) is 6.38. The molecule has 0 aromatic carbocycles. The first-order chi connectivity index (χ1) is 8.89. The monoisotopic (exact) mass is 261 g/mol. The molecule has 0 unspecified atom stereocenters. The van der Waals surface area contributed by atoms with Gasteiger partial charge in [0.2, 0.25) is 11.8 Å². The highest BCUT2D eigenvalue weighted by molar-refractivity contribution is 6.07. The highest BCUT2D eigenvalue weighted by atomic mass is 16.2. The lowest BCUT2D eigenvalue weighted by molar-refractivity contribution is -0.132.